The Hall–Kier alpha value is -0.0800. The van der Waals surface area contributed by atoms with Gasteiger partial charge in [-0.25, -0.2) is 0 Å². The van der Waals surface area contributed by atoms with Crippen molar-refractivity contribution in [1.82, 2.24) is 10.2 Å². The van der Waals surface area contributed by atoms with Crippen molar-refractivity contribution >= 4 is 0 Å². The Kier molecular flexibility index (Phi) is 4.58. The lowest BCUT2D eigenvalue weighted by atomic mass is 9.83. The predicted molar refractivity (Wildman–Crippen MR) is 76.8 cm³/mol. The largest absolute Gasteiger partial charge is 0.311 e. The van der Waals surface area contributed by atoms with Crippen molar-refractivity contribution < 1.29 is 0 Å². The number of piperazine rings is 1. The summed E-state index contributed by atoms with van der Waals surface area (Å²) >= 11 is 0. The SMILES string of the molecule is C1CCC(C2CN(CCCC3CC3)CCN2)CC1. The molecule has 1 N–H and O–H groups in total. The van der Waals surface area contributed by atoms with Crippen molar-refractivity contribution in [3.05, 3.63) is 0 Å². The van der Waals surface area contributed by atoms with E-state index in [-0.39, 0.29) is 0 Å². The van der Waals surface area contributed by atoms with Gasteiger partial charge in [-0.15, -0.1) is 0 Å². The molecule has 3 rings (SSSR count). The summed E-state index contributed by atoms with van der Waals surface area (Å²) in [5.41, 5.74) is 0. The van der Waals surface area contributed by atoms with Crippen LogP contribution in [-0.4, -0.2) is 37.1 Å². The molecule has 2 aliphatic carbocycles. The minimum absolute atomic E-state index is 0.806. The van der Waals surface area contributed by atoms with E-state index in [0.717, 1.165) is 17.9 Å². The quantitative estimate of drug-likeness (QED) is 0.807. The molecule has 1 unspecified atom stereocenters. The molecule has 3 aliphatic rings. The van der Waals surface area contributed by atoms with Crippen molar-refractivity contribution in [2.75, 3.05) is 26.2 Å². The number of hydrogen-bond acceptors (Lipinski definition) is 2. The molecule has 1 aliphatic heterocycles. The van der Waals surface area contributed by atoms with Gasteiger partial charge in [-0.2, -0.15) is 0 Å². The number of nitrogens with one attached hydrogen (secondary N) is 1. The van der Waals surface area contributed by atoms with Crippen molar-refractivity contribution in [2.24, 2.45) is 11.8 Å². The first kappa shape index (κ1) is 12.9. The second-order valence-corrected chi connectivity index (χ2v) is 6.84. The molecule has 0 spiro atoms. The van der Waals surface area contributed by atoms with Gasteiger partial charge < -0.3 is 10.2 Å². The predicted octanol–water partition coefficient (Wildman–Crippen LogP) is 3.03. The molecule has 0 aromatic rings. The van der Waals surface area contributed by atoms with Gasteiger partial charge in [0, 0.05) is 25.7 Å². The van der Waals surface area contributed by atoms with E-state index in [2.05, 4.69) is 10.2 Å². The van der Waals surface area contributed by atoms with Crippen LogP contribution in [0.25, 0.3) is 0 Å². The number of hydrogen-bond donors (Lipinski definition) is 1. The molecule has 1 saturated heterocycles. The second kappa shape index (κ2) is 6.38. The van der Waals surface area contributed by atoms with Crippen LogP contribution in [0.2, 0.25) is 0 Å². The van der Waals surface area contributed by atoms with Crippen LogP contribution < -0.4 is 5.32 Å². The van der Waals surface area contributed by atoms with Crippen molar-refractivity contribution in [3.8, 4) is 0 Å². The van der Waals surface area contributed by atoms with Crippen LogP contribution in [0.4, 0.5) is 0 Å². The fraction of sp³-hybridized carbons (Fsp3) is 1.00. The Morgan fingerprint density at radius 3 is 2.61 bits per heavy atom. The Bertz CT molecular complexity index is 243. The number of rotatable bonds is 5. The third-order valence-electron chi connectivity index (χ3n) is 5.29. The maximum Gasteiger partial charge on any atom is 0.0223 e. The summed E-state index contributed by atoms with van der Waals surface area (Å²) in [6.45, 7) is 5.20. The highest BCUT2D eigenvalue weighted by Crippen LogP contribution is 2.33. The molecular weight excluding hydrogens is 220 g/mol. The van der Waals surface area contributed by atoms with Gasteiger partial charge in [0.1, 0.15) is 0 Å². The number of nitrogens with zero attached hydrogens (tertiary/aromatic N) is 1. The normalized spacial score (nSPS) is 31.7. The lowest BCUT2D eigenvalue weighted by molar-refractivity contribution is 0.144. The molecule has 2 saturated carbocycles. The molecule has 104 valence electrons. The van der Waals surface area contributed by atoms with E-state index in [1.807, 2.05) is 0 Å². The van der Waals surface area contributed by atoms with E-state index in [9.17, 15) is 0 Å². The van der Waals surface area contributed by atoms with Gasteiger partial charge >= 0.3 is 0 Å². The highest BCUT2D eigenvalue weighted by Gasteiger charge is 2.28. The van der Waals surface area contributed by atoms with Gasteiger partial charge in [-0.3, -0.25) is 0 Å². The summed E-state index contributed by atoms with van der Waals surface area (Å²) in [7, 11) is 0. The molecule has 18 heavy (non-hydrogen) atoms. The summed E-state index contributed by atoms with van der Waals surface area (Å²) in [4.78, 5) is 2.73. The fourth-order valence-electron chi connectivity index (χ4n) is 3.91. The van der Waals surface area contributed by atoms with Crippen LogP contribution in [0.15, 0.2) is 0 Å². The molecule has 0 radical (unpaired) electrons. The minimum Gasteiger partial charge on any atom is -0.311 e. The Labute approximate surface area is 113 Å². The van der Waals surface area contributed by atoms with Crippen LogP contribution in [0, 0.1) is 11.8 Å². The first-order valence-electron chi connectivity index (χ1n) is 8.37. The van der Waals surface area contributed by atoms with Gasteiger partial charge in [0.2, 0.25) is 0 Å². The highest BCUT2D eigenvalue weighted by atomic mass is 15.2. The maximum atomic E-state index is 3.79. The third-order valence-corrected chi connectivity index (χ3v) is 5.29. The van der Waals surface area contributed by atoms with Crippen LogP contribution in [0.3, 0.4) is 0 Å². The van der Waals surface area contributed by atoms with Gasteiger partial charge in [0.25, 0.3) is 0 Å². The second-order valence-electron chi connectivity index (χ2n) is 6.84. The average molecular weight is 250 g/mol. The lowest BCUT2D eigenvalue weighted by Crippen LogP contribution is -2.54. The zero-order valence-electron chi connectivity index (χ0n) is 11.9. The summed E-state index contributed by atoms with van der Waals surface area (Å²) in [5, 5.41) is 3.79. The van der Waals surface area contributed by atoms with Crippen LogP contribution >= 0.6 is 0 Å². The van der Waals surface area contributed by atoms with Crippen LogP contribution in [0.5, 0.6) is 0 Å². The monoisotopic (exact) mass is 250 g/mol. The van der Waals surface area contributed by atoms with Crippen molar-refractivity contribution in [1.29, 1.82) is 0 Å². The zero-order valence-corrected chi connectivity index (χ0v) is 11.9. The molecule has 2 nitrogen and oxygen atoms in total. The van der Waals surface area contributed by atoms with Crippen molar-refractivity contribution in [2.45, 2.75) is 63.8 Å². The zero-order chi connectivity index (χ0) is 12.2. The molecular formula is C16H30N2. The van der Waals surface area contributed by atoms with Crippen molar-refractivity contribution in [3.63, 3.8) is 0 Å². The topological polar surface area (TPSA) is 15.3 Å². The van der Waals surface area contributed by atoms with E-state index in [0.29, 0.717) is 0 Å². The van der Waals surface area contributed by atoms with Crippen LogP contribution in [-0.2, 0) is 0 Å². The van der Waals surface area contributed by atoms with Crippen LogP contribution in [0.1, 0.15) is 57.8 Å². The van der Waals surface area contributed by atoms with E-state index in [1.165, 1.54) is 84.0 Å². The molecule has 1 atom stereocenters. The third kappa shape index (κ3) is 3.71. The van der Waals surface area contributed by atoms with Gasteiger partial charge in [0.15, 0.2) is 0 Å². The van der Waals surface area contributed by atoms with Gasteiger partial charge in [-0.05, 0) is 44.1 Å². The molecule has 2 heteroatoms. The summed E-state index contributed by atoms with van der Waals surface area (Å²) in [6, 6.07) is 0.806. The summed E-state index contributed by atoms with van der Waals surface area (Å²) in [5.74, 6) is 2.09. The molecule has 3 fully saturated rings. The minimum atomic E-state index is 0.806. The molecule has 0 amide bonds. The maximum absolute atomic E-state index is 3.79. The smallest absolute Gasteiger partial charge is 0.0223 e. The van der Waals surface area contributed by atoms with E-state index < -0.39 is 0 Å². The summed E-state index contributed by atoms with van der Waals surface area (Å²) < 4.78 is 0. The standard InChI is InChI=1S/C16H30N2/c1-2-6-15(7-3-1)16-13-18(12-10-17-16)11-4-5-14-8-9-14/h14-17H,1-13H2. The lowest BCUT2D eigenvalue weighted by Gasteiger charge is -2.39. The van der Waals surface area contributed by atoms with E-state index in [1.54, 1.807) is 0 Å². The first-order chi connectivity index (χ1) is 8.92. The Balaban J connectivity index is 1.39. The summed E-state index contributed by atoms with van der Waals surface area (Å²) in [6.07, 6.45) is 13.4. The highest BCUT2D eigenvalue weighted by molar-refractivity contribution is 4.86. The Morgan fingerprint density at radius 1 is 1.00 bits per heavy atom. The van der Waals surface area contributed by atoms with E-state index in [4.69, 9.17) is 0 Å². The van der Waals surface area contributed by atoms with Gasteiger partial charge in [-0.1, -0.05) is 32.1 Å². The van der Waals surface area contributed by atoms with E-state index >= 15 is 0 Å². The molecule has 0 aromatic heterocycles. The molecule has 1 heterocycles. The molecule has 0 bridgehead atoms. The first-order valence-corrected chi connectivity index (χ1v) is 8.37. The fourth-order valence-corrected chi connectivity index (χ4v) is 3.91. The van der Waals surface area contributed by atoms with Gasteiger partial charge in [0.05, 0.1) is 0 Å². The average Bonchev–Trinajstić information content (AvgIpc) is 3.24. The Morgan fingerprint density at radius 2 is 1.83 bits per heavy atom. The molecule has 0 aromatic carbocycles.